The molecule has 1 heterocycles. The standard InChI is InChI=1S/C27H26I2N4O7/c1-5-9-39-25-17(10-18(28)12-19(25)29)13-30-33-22(34)14-40-20-8-7-16(11-21(20)37-4)24-23(26(35)38-6-2)15(3)31-27(36)32-24/h1,7-8,10-13,24H,6,9,14H2,2-4H3,(H,33,34)(H2,31,32,36)/b30-13+/t24-/m1/s1. The smallest absolute Gasteiger partial charge is 0.338 e. The van der Waals surface area contributed by atoms with Crippen LogP contribution >= 0.6 is 45.2 Å². The van der Waals surface area contributed by atoms with Crippen LogP contribution in [0.3, 0.4) is 0 Å². The topological polar surface area (TPSA) is 137 Å². The number of hydrogen-bond acceptors (Lipinski definition) is 8. The third-order valence-corrected chi connectivity index (χ3v) is 6.80. The molecule has 0 aromatic heterocycles. The molecule has 0 radical (unpaired) electrons. The molecule has 3 amide bonds. The van der Waals surface area contributed by atoms with Crippen LogP contribution in [0.1, 0.15) is 31.0 Å². The Morgan fingerprint density at radius 1 is 1.20 bits per heavy atom. The Kier molecular flexibility index (Phi) is 11.4. The number of ether oxygens (including phenoxy) is 4. The second-order valence-corrected chi connectivity index (χ2v) is 10.5. The van der Waals surface area contributed by atoms with Gasteiger partial charge in [0.2, 0.25) is 0 Å². The van der Waals surface area contributed by atoms with Gasteiger partial charge in [0.05, 0.1) is 35.1 Å². The van der Waals surface area contributed by atoms with Gasteiger partial charge in [-0.25, -0.2) is 15.0 Å². The molecule has 0 unspecified atom stereocenters. The highest BCUT2D eigenvalue weighted by molar-refractivity contribution is 14.1. The van der Waals surface area contributed by atoms with Crippen LogP contribution in [0.15, 0.2) is 46.7 Å². The zero-order chi connectivity index (χ0) is 29.2. The van der Waals surface area contributed by atoms with E-state index in [4.69, 9.17) is 25.4 Å². The van der Waals surface area contributed by atoms with Crippen molar-refractivity contribution in [3.8, 4) is 29.6 Å². The summed E-state index contributed by atoms with van der Waals surface area (Å²) in [4.78, 5) is 37.1. The number of hydrazone groups is 1. The number of urea groups is 1. The zero-order valence-electron chi connectivity index (χ0n) is 21.8. The molecule has 2 aromatic rings. The first-order chi connectivity index (χ1) is 19.2. The monoisotopic (exact) mass is 772 g/mol. The Hall–Kier alpha value is -3.52. The first-order valence-corrected chi connectivity index (χ1v) is 14.0. The summed E-state index contributed by atoms with van der Waals surface area (Å²) in [6.07, 6.45) is 6.77. The number of carbonyl (C=O) groups excluding carboxylic acids is 3. The van der Waals surface area contributed by atoms with Crippen LogP contribution < -0.4 is 30.3 Å². The maximum Gasteiger partial charge on any atom is 0.338 e. The van der Waals surface area contributed by atoms with E-state index in [0.717, 1.165) is 7.14 Å². The molecule has 11 nitrogen and oxygen atoms in total. The number of hydrogen-bond donors (Lipinski definition) is 3. The molecule has 0 spiro atoms. The number of carbonyl (C=O) groups is 3. The Morgan fingerprint density at radius 3 is 2.67 bits per heavy atom. The normalized spacial score (nSPS) is 14.6. The second-order valence-electron chi connectivity index (χ2n) is 8.08. The number of terminal acetylenes is 1. The van der Waals surface area contributed by atoms with Gasteiger partial charge in [-0.2, -0.15) is 5.10 Å². The van der Waals surface area contributed by atoms with Crippen LogP contribution in [0.4, 0.5) is 4.79 Å². The van der Waals surface area contributed by atoms with Crippen LogP contribution in [0.2, 0.25) is 0 Å². The predicted molar refractivity (Wildman–Crippen MR) is 164 cm³/mol. The van der Waals surface area contributed by atoms with E-state index in [0.29, 0.717) is 28.3 Å². The van der Waals surface area contributed by atoms with Gasteiger partial charge in [-0.05, 0) is 88.9 Å². The summed E-state index contributed by atoms with van der Waals surface area (Å²) in [6.45, 7) is 3.25. The van der Waals surface area contributed by atoms with Crippen molar-refractivity contribution in [3.63, 3.8) is 0 Å². The highest BCUT2D eigenvalue weighted by Gasteiger charge is 2.32. The maximum atomic E-state index is 12.6. The summed E-state index contributed by atoms with van der Waals surface area (Å²) in [5.74, 6) is 2.51. The van der Waals surface area contributed by atoms with Gasteiger partial charge < -0.3 is 29.6 Å². The summed E-state index contributed by atoms with van der Waals surface area (Å²) >= 11 is 4.31. The Morgan fingerprint density at radius 2 is 1.98 bits per heavy atom. The summed E-state index contributed by atoms with van der Waals surface area (Å²) in [5, 5.41) is 9.32. The molecule has 1 aliphatic rings. The predicted octanol–water partition coefficient (Wildman–Crippen LogP) is 3.64. The summed E-state index contributed by atoms with van der Waals surface area (Å²) < 4.78 is 23.7. The molecule has 1 atom stereocenters. The SMILES string of the molecule is C#CCOc1c(I)cc(I)cc1/C=N/NC(=O)COc1ccc([C@H]2NC(=O)NC(C)=C2C(=O)OCC)cc1OC. The second kappa shape index (κ2) is 14.7. The fraction of sp³-hybridized carbons (Fsp3) is 0.259. The minimum atomic E-state index is -0.771. The molecule has 0 aliphatic carbocycles. The van der Waals surface area contributed by atoms with Gasteiger partial charge in [0.25, 0.3) is 5.91 Å². The minimum Gasteiger partial charge on any atom is -0.493 e. The van der Waals surface area contributed by atoms with E-state index in [1.165, 1.54) is 13.3 Å². The molecular formula is C27H26I2N4O7. The zero-order valence-corrected chi connectivity index (χ0v) is 26.1. The van der Waals surface area contributed by atoms with E-state index >= 15 is 0 Å². The summed E-state index contributed by atoms with van der Waals surface area (Å²) in [7, 11) is 1.44. The van der Waals surface area contributed by atoms with Crippen molar-refractivity contribution in [2.75, 3.05) is 26.9 Å². The van der Waals surface area contributed by atoms with E-state index in [1.807, 2.05) is 12.1 Å². The van der Waals surface area contributed by atoms with Gasteiger partial charge in [-0.1, -0.05) is 12.0 Å². The molecule has 2 aromatic carbocycles. The van der Waals surface area contributed by atoms with Crippen molar-refractivity contribution in [2.24, 2.45) is 5.10 Å². The molecule has 0 fully saturated rings. The van der Waals surface area contributed by atoms with Crippen molar-refractivity contribution in [1.29, 1.82) is 0 Å². The number of halogens is 2. The highest BCUT2D eigenvalue weighted by atomic mass is 127. The van der Waals surface area contributed by atoms with Gasteiger partial charge >= 0.3 is 12.0 Å². The van der Waals surface area contributed by atoms with Gasteiger partial charge in [0, 0.05) is 14.8 Å². The van der Waals surface area contributed by atoms with Gasteiger partial charge in [0.15, 0.2) is 18.1 Å². The first-order valence-electron chi connectivity index (χ1n) is 11.8. The van der Waals surface area contributed by atoms with Crippen molar-refractivity contribution in [1.82, 2.24) is 16.1 Å². The number of nitrogens with zero attached hydrogens (tertiary/aromatic N) is 1. The van der Waals surface area contributed by atoms with Crippen molar-refractivity contribution < 1.29 is 33.3 Å². The fourth-order valence-electron chi connectivity index (χ4n) is 3.70. The lowest BCUT2D eigenvalue weighted by atomic mass is 9.95. The van der Waals surface area contributed by atoms with Crippen LogP contribution in [0.5, 0.6) is 17.2 Å². The number of methoxy groups -OCH3 is 1. The van der Waals surface area contributed by atoms with Gasteiger partial charge in [-0.3, -0.25) is 4.79 Å². The number of amides is 3. The molecule has 1 aliphatic heterocycles. The molecule has 3 N–H and O–H groups in total. The molecule has 0 saturated heterocycles. The Balaban J connectivity index is 1.70. The van der Waals surface area contributed by atoms with Crippen molar-refractivity contribution >= 4 is 69.3 Å². The fourth-order valence-corrected chi connectivity index (χ4v) is 5.74. The average Bonchev–Trinajstić information content (AvgIpc) is 2.91. The number of rotatable bonds is 11. The Labute approximate surface area is 258 Å². The number of esters is 1. The lowest BCUT2D eigenvalue weighted by Crippen LogP contribution is -2.45. The minimum absolute atomic E-state index is 0.0995. The van der Waals surface area contributed by atoms with Crippen LogP contribution in [0, 0.1) is 19.5 Å². The summed E-state index contributed by atoms with van der Waals surface area (Å²) in [5.41, 5.74) is 4.29. The summed E-state index contributed by atoms with van der Waals surface area (Å²) in [6, 6.07) is 7.41. The lowest BCUT2D eigenvalue weighted by molar-refractivity contribution is -0.139. The molecule has 0 saturated carbocycles. The third-order valence-electron chi connectivity index (χ3n) is 5.37. The van der Waals surface area contributed by atoms with Crippen molar-refractivity contribution in [2.45, 2.75) is 19.9 Å². The maximum absolute atomic E-state index is 12.6. The molecule has 3 rings (SSSR count). The molecule has 0 bridgehead atoms. The van der Waals surface area contributed by atoms with E-state index in [1.54, 1.807) is 32.0 Å². The molecule has 210 valence electrons. The number of nitrogens with one attached hydrogen (secondary N) is 3. The largest absolute Gasteiger partial charge is 0.493 e. The molecular weight excluding hydrogens is 746 g/mol. The van der Waals surface area contributed by atoms with Crippen LogP contribution in [-0.4, -0.2) is 51.1 Å². The molecule has 40 heavy (non-hydrogen) atoms. The third kappa shape index (κ3) is 8.01. The first kappa shape index (κ1) is 31.0. The lowest BCUT2D eigenvalue weighted by Gasteiger charge is -2.28. The van der Waals surface area contributed by atoms with E-state index in [2.05, 4.69) is 72.3 Å². The van der Waals surface area contributed by atoms with E-state index in [9.17, 15) is 14.4 Å². The number of allylic oxidation sites excluding steroid dienone is 1. The van der Waals surface area contributed by atoms with Gasteiger partial charge in [-0.15, -0.1) is 6.42 Å². The quantitative estimate of drug-likeness (QED) is 0.104. The van der Waals surface area contributed by atoms with Gasteiger partial charge in [0.1, 0.15) is 12.4 Å². The number of benzene rings is 2. The Bertz CT molecular complexity index is 1400. The van der Waals surface area contributed by atoms with Crippen LogP contribution in [-0.2, 0) is 14.3 Å². The molecule has 13 heteroatoms. The average molecular weight is 772 g/mol. The van der Waals surface area contributed by atoms with E-state index < -0.39 is 23.9 Å². The van der Waals surface area contributed by atoms with E-state index in [-0.39, 0.29) is 31.1 Å². The van der Waals surface area contributed by atoms with Crippen molar-refractivity contribution in [3.05, 3.63) is 59.9 Å². The van der Waals surface area contributed by atoms with Crippen LogP contribution in [0.25, 0.3) is 0 Å². The highest BCUT2D eigenvalue weighted by Crippen LogP contribution is 2.34.